The van der Waals surface area contributed by atoms with Crippen molar-refractivity contribution in [2.75, 3.05) is 17.2 Å². The second-order valence-electron chi connectivity index (χ2n) is 4.01. The molecule has 2 nitrogen and oxygen atoms in total. The van der Waals surface area contributed by atoms with Crippen LogP contribution >= 0.6 is 11.8 Å². The van der Waals surface area contributed by atoms with Crippen LogP contribution in [0.4, 0.5) is 17.1 Å². The van der Waals surface area contributed by atoms with Crippen molar-refractivity contribution in [3.8, 4) is 0 Å². The summed E-state index contributed by atoms with van der Waals surface area (Å²) in [6.45, 7) is 3.09. The fourth-order valence-electron chi connectivity index (χ4n) is 2.24. The van der Waals surface area contributed by atoms with Gasteiger partial charge in [0.2, 0.25) is 0 Å². The Morgan fingerprint density at radius 3 is 2.65 bits per heavy atom. The molecule has 0 spiro atoms. The first kappa shape index (κ1) is 10.5. The van der Waals surface area contributed by atoms with Gasteiger partial charge in [0.15, 0.2) is 0 Å². The van der Waals surface area contributed by atoms with E-state index in [-0.39, 0.29) is 0 Å². The van der Waals surface area contributed by atoms with Gasteiger partial charge < -0.3 is 10.6 Å². The first-order valence-electron chi connectivity index (χ1n) is 5.74. The van der Waals surface area contributed by atoms with Gasteiger partial charge in [-0.2, -0.15) is 0 Å². The van der Waals surface area contributed by atoms with E-state index in [2.05, 4.69) is 42.2 Å². The minimum absolute atomic E-state index is 0.853. The van der Waals surface area contributed by atoms with Crippen LogP contribution in [0.5, 0.6) is 0 Å². The Kier molecular flexibility index (Phi) is 2.48. The minimum atomic E-state index is 0.853. The smallest absolute Gasteiger partial charge is 0.0786 e. The van der Waals surface area contributed by atoms with Gasteiger partial charge in [0.05, 0.1) is 17.1 Å². The lowest BCUT2D eigenvalue weighted by Crippen LogP contribution is -2.21. The Morgan fingerprint density at radius 2 is 1.82 bits per heavy atom. The second-order valence-corrected chi connectivity index (χ2v) is 5.09. The molecular weight excluding hydrogens is 228 g/mol. The fraction of sp³-hybridized carbons (Fsp3) is 0.143. The summed E-state index contributed by atoms with van der Waals surface area (Å²) in [5.74, 6) is 0. The molecule has 3 rings (SSSR count). The van der Waals surface area contributed by atoms with Crippen LogP contribution in [-0.4, -0.2) is 6.54 Å². The highest BCUT2D eigenvalue weighted by Crippen LogP contribution is 2.49. The van der Waals surface area contributed by atoms with E-state index in [1.165, 1.54) is 15.5 Å². The first-order valence-corrected chi connectivity index (χ1v) is 6.56. The molecule has 2 aromatic carbocycles. The highest BCUT2D eigenvalue weighted by Gasteiger charge is 2.23. The Morgan fingerprint density at radius 1 is 1.06 bits per heavy atom. The van der Waals surface area contributed by atoms with Crippen molar-refractivity contribution in [3.63, 3.8) is 0 Å². The molecule has 1 heterocycles. The van der Waals surface area contributed by atoms with Crippen molar-refractivity contribution >= 4 is 28.8 Å². The van der Waals surface area contributed by atoms with Crippen molar-refractivity contribution in [1.82, 2.24) is 0 Å². The molecule has 17 heavy (non-hydrogen) atoms. The first-order chi connectivity index (χ1) is 8.31. The summed E-state index contributed by atoms with van der Waals surface area (Å²) in [5.41, 5.74) is 9.37. The van der Waals surface area contributed by atoms with Gasteiger partial charge in [-0.05, 0) is 31.2 Å². The molecule has 0 radical (unpaired) electrons. The van der Waals surface area contributed by atoms with E-state index in [0.717, 1.165) is 17.9 Å². The number of nitrogens with zero attached hydrogens (tertiary/aromatic N) is 1. The molecule has 1 aliphatic rings. The van der Waals surface area contributed by atoms with Crippen molar-refractivity contribution in [1.29, 1.82) is 0 Å². The molecule has 2 N–H and O–H groups in total. The molecule has 3 heteroatoms. The van der Waals surface area contributed by atoms with Crippen LogP contribution in [0.3, 0.4) is 0 Å². The molecule has 0 bridgehead atoms. The summed E-state index contributed by atoms with van der Waals surface area (Å²) < 4.78 is 0. The molecule has 0 saturated carbocycles. The molecule has 0 saturated heterocycles. The molecule has 2 aromatic rings. The number of benzene rings is 2. The maximum Gasteiger partial charge on any atom is 0.0786 e. The highest BCUT2D eigenvalue weighted by molar-refractivity contribution is 7.99. The summed E-state index contributed by atoms with van der Waals surface area (Å²) in [7, 11) is 0. The van der Waals surface area contributed by atoms with Crippen molar-refractivity contribution in [2.45, 2.75) is 16.7 Å². The zero-order chi connectivity index (χ0) is 11.8. The SMILES string of the molecule is CCN1c2ccccc2Sc2cccc(N)c21. The van der Waals surface area contributed by atoms with E-state index in [1.807, 2.05) is 12.1 Å². The number of para-hydroxylation sites is 2. The second kappa shape index (κ2) is 4.00. The molecule has 0 fully saturated rings. The van der Waals surface area contributed by atoms with Crippen LogP contribution in [0.25, 0.3) is 0 Å². The maximum atomic E-state index is 6.11. The van der Waals surface area contributed by atoms with E-state index < -0.39 is 0 Å². The standard InChI is InChI=1S/C14H14N2S/c1-2-16-11-7-3-4-8-12(11)17-13-9-5-6-10(15)14(13)16/h3-9H,2,15H2,1H3. The number of rotatable bonds is 1. The lowest BCUT2D eigenvalue weighted by molar-refractivity contribution is 0.981. The summed E-state index contributed by atoms with van der Waals surface area (Å²) >= 11 is 1.79. The molecule has 0 amide bonds. The number of anilines is 3. The third-order valence-corrected chi connectivity index (χ3v) is 4.11. The number of nitrogen functional groups attached to an aromatic ring is 1. The van der Waals surface area contributed by atoms with Gasteiger partial charge in [0.25, 0.3) is 0 Å². The molecular formula is C14H14N2S. The average Bonchev–Trinajstić information content (AvgIpc) is 2.36. The van der Waals surface area contributed by atoms with Gasteiger partial charge in [-0.3, -0.25) is 0 Å². The molecule has 86 valence electrons. The fourth-order valence-corrected chi connectivity index (χ4v) is 3.38. The quantitative estimate of drug-likeness (QED) is 0.769. The van der Waals surface area contributed by atoms with Crippen molar-refractivity contribution in [3.05, 3.63) is 42.5 Å². The minimum Gasteiger partial charge on any atom is -0.397 e. The van der Waals surface area contributed by atoms with Gasteiger partial charge >= 0.3 is 0 Å². The predicted octanol–water partition coefficient (Wildman–Crippen LogP) is 3.89. The number of hydrogen-bond donors (Lipinski definition) is 1. The maximum absolute atomic E-state index is 6.11. The topological polar surface area (TPSA) is 29.3 Å². The zero-order valence-electron chi connectivity index (χ0n) is 9.68. The summed E-state index contributed by atoms with van der Waals surface area (Å²) in [6.07, 6.45) is 0. The average molecular weight is 242 g/mol. The molecule has 0 unspecified atom stereocenters. The van der Waals surface area contributed by atoms with E-state index in [0.29, 0.717) is 0 Å². The van der Waals surface area contributed by atoms with Crippen LogP contribution in [-0.2, 0) is 0 Å². The van der Waals surface area contributed by atoms with Gasteiger partial charge in [0, 0.05) is 16.3 Å². The van der Waals surface area contributed by atoms with Crippen LogP contribution in [0.1, 0.15) is 6.92 Å². The predicted molar refractivity (Wildman–Crippen MR) is 74.1 cm³/mol. The largest absolute Gasteiger partial charge is 0.397 e. The van der Waals surface area contributed by atoms with Crippen LogP contribution < -0.4 is 10.6 Å². The summed E-state index contributed by atoms with van der Waals surface area (Å²) in [5, 5.41) is 0. The lowest BCUT2D eigenvalue weighted by atomic mass is 10.2. The van der Waals surface area contributed by atoms with Crippen molar-refractivity contribution in [2.24, 2.45) is 0 Å². The third-order valence-electron chi connectivity index (χ3n) is 2.99. The van der Waals surface area contributed by atoms with Crippen LogP contribution in [0, 0.1) is 0 Å². The number of hydrogen-bond acceptors (Lipinski definition) is 3. The molecule has 1 aliphatic heterocycles. The van der Waals surface area contributed by atoms with E-state index in [4.69, 9.17) is 5.73 Å². The Bertz CT molecular complexity index is 566. The Labute approximate surface area is 105 Å². The Balaban J connectivity index is 2.23. The normalized spacial score (nSPS) is 13.1. The summed E-state index contributed by atoms with van der Waals surface area (Å²) in [6, 6.07) is 14.6. The lowest BCUT2D eigenvalue weighted by Gasteiger charge is -2.32. The molecule has 0 aliphatic carbocycles. The van der Waals surface area contributed by atoms with Gasteiger partial charge in [-0.1, -0.05) is 30.0 Å². The third kappa shape index (κ3) is 1.58. The van der Waals surface area contributed by atoms with Crippen LogP contribution in [0.15, 0.2) is 52.3 Å². The van der Waals surface area contributed by atoms with E-state index in [9.17, 15) is 0 Å². The van der Waals surface area contributed by atoms with E-state index >= 15 is 0 Å². The van der Waals surface area contributed by atoms with Gasteiger partial charge in [0.1, 0.15) is 0 Å². The zero-order valence-corrected chi connectivity index (χ0v) is 10.5. The highest BCUT2D eigenvalue weighted by atomic mass is 32.2. The van der Waals surface area contributed by atoms with Crippen LogP contribution in [0.2, 0.25) is 0 Å². The molecule has 0 atom stereocenters. The molecule has 0 aromatic heterocycles. The van der Waals surface area contributed by atoms with Gasteiger partial charge in [-0.15, -0.1) is 0 Å². The monoisotopic (exact) mass is 242 g/mol. The number of fused-ring (bicyclic) bond motifs is 2. The van der Waals surface area contributed by atoms with E-state index in [1.54, 1.807) is 11.8 Å². The number of nitrogens with two attached hydrogens (primary N) is 1. The van der Waals surface area contributed by atoms with Crippen molar-refractivity contribution < 1.29 is 0 Å². The van der Waals surface area contributed by atoms with Gasteiger partial charge in [-0.25, -0.2) is 0 Å². The summed E-state index contributed by atoms with van der Waals surface area (Å²) in [4.78, 5) is 4.83. The Hall–Kier alpha value is -1.61.